The Bertz CT molecular complexity index is 623. The topological polar surface area (TPSA) is 18.5 Å². The van der Waals surface area contributed by atoms with Gasteiger partial charge in [0.25, 0.3) is 6.43 Å². The summed E-state index contributed by atoms with van der Waals surface area (Å²) in [5.41, 5.74) is -1.61. The second-order valence-corrected chi connectivity index (χ2v) is 7.65. The maximum atomic E-state index is 14.3. The van der Waals surface area contributed by atoms with Gasteiger partial charge in [0.1, 0.15) is 5.67 Å². The minimum Gasteiger partial charge on any atom is -0.399 e. The maximum absolute atomic E-state index is 14.3. The van der Waals surface area contributed by atoms with Crippen LogP contribution in [0.3, 0.4) is 0 Å². The largest absolute Gasteiger partial charge is 0.495 e. The van der Waals surface area contributed by atoms with Crippen LogP contribution in [0.25, 0.3) is 0 Å². The van der Waals surface area contributed by atoms with Gasteiger partial charge in [0, 0.05) is 5.56 Å². The van der Waals surface area contributed by atoms with Gasteiger partial charge in [0.05, 0.1) is 11.2 Å². The van der Waals surface area contributed by atoms with E-state index >= 15 is 0 Å². The van der Waals surface area contributed by atoms with E-state index < -0.39 is 30.4 Å². The SMILES string of the molecule is Cc1cc(C2(F)CC2)cc(C(F)F)c1B1OC(C)(C)C(C)(C)O1. The quantitative estimate of drug-likeness (QED) is 0.776. The summed E-state index contributed by atoms with van der Waals surface area (Å²) < 4.78 is 53.3. The molecule has 2 nitrogen and oxygen atoms in total. The van der Waals surface area contributed by atoms with E-state index in [-0.39, 0.29) is 5.56 Å². The fourth-order valence-electron chi connectivity index (χ4n) is 2.95. The van der Waals surface area contributed by atoms with Crippen molar-refractivity contribution in [2.45, 2.75) is 70.8 Å². The fraction of sp³-hybridized carbons (Fsp3) is 0.647. The van der Waals surface area contributed by atoms with Crippen LogP contribution in [0.1, 0.15) is 63.7 Å². The van der Waals surface area contributed by atoms with E-state index in [1.54, 1.807) is 13.0 Å². The van der Waals surface area contributed by atoms with Crippen LogP contribution in [0.4, 0.5) is 13.2 Å². The summed E-state index contributed by atoms with van der Waals surface area (Å²) in [7, 11) is -0.868. The first-order valence-corrected chi connectivity index (χ1v) is 7.94. The number of hydrogen-bond donors (Lipinski definition) is 0. The maximum Gasteiger partial charge on any atom is 0.495 e. The molecule has 0 amide bonds. The second kappa shape index (κ2) is 4.99. The molecule has 23 heavy (non-hydrogen) atoms. The first-order chi connectivity index (χ1) is 10.5. The van der Waals surface area contributed by atoms with Gasteiger partial charge in [-0.3, -0.25) is 0 Å². The van der Waals surface area contributed by atoms with Gasteiger partial charge in [-0.05, 0) is 64.6 Å². The van der Waals surface area contributed by atoms with Crippen molar-refractivity contribution in [1.82, 2.24) is 0 Å². The van der Waals surface area contributed by atoms with Crippen molar-refractivity contribution in [3.63, 3.8) is 0 Å². The van der Waals surface area contributed by atoms with E-state index in [4.69, 9.17) is 9.31 Å². The van der Waals surface area contributed by atoms with E-state index in [0.717, 1.165) is 0 Å². The molecule has 6 heteroatoms. The Labute approximate surface area is 135 Å². The standard InChI is InChI=1S/C17H22BF3O2/c1-10-8-11(17(21)6-7-17)9-12(14(19)20)13(10)18-22-15(2,3)16(4,5)23-18/h8-9,14H,6-7H2,1-5H3. The van der Waals surface area contributed by atoms with Crippen LogP contribution in [0.5, 0.6) is 0 Å². The number of halogens is 3. The highest BCUT2D eigenvalue weighted by atomic mass is 19.3. The van der Waals surface area contributed by atoms with Gasteiger partial charge in [-0.1, -0.05) is 11.6 Å². The molecule has 2 fully saturated rings. The number of alkyl halides is 3. The molecule has 1 saturated heterocycles. The van der Waals surface area contributed by atoms with Crippen LogP contribution >= 0.6 is 0 Å². The number of aryl methyl sites for hydroxylation is 1. The average molecular weight is 326 g/mol. The average Bonchev–Trinajstić information content (AvgIpc) is 3.10. The highest BCUT2D eigenvalue weighted by molar-refractivity contribution is 6.63. The molecule has 1 heterocycles. The smallest absolute Gasteiger partial charge is 0.399 e. The Morgan fingerprint density at radius 2 is 1.57 bits per heavy atom. The van der Waals surface area contributed by atoms with Gasteiger partial charge in [0.15, 0.2) is 0 Å². The van der Waals surface area contributed by atoms with Crippen molar-refractivity contribution in [3.8, 4) is 0 Å². The van der Waals surface area contributed by atoms with Crippen molar-refractivity contribution < 1.29 is 22.5 Å². The zero-order chi connectivity index (χ0) is 17.2. The molecule has 1 saturated carbocycles. The first kappa shape index (κ1) is 16.8. The number of rotatable bonds is 3. The van der Waals surface area contributed by atoms with Gasteiger partial charge in [0.2, 0.25) is 0 Å². The van der Waals surface area contributed by atoms with Crippen molar-refractivity contribution in [2.24, 2.45) is 0 Å². The molecule has 0 unspecified atom stereocenters. The summed E-state index contributed by atoms with van der Waals surface area (Å²) in [5.74, 6) is 0. The Hall–Kier alpha value is -1.01. The van der Waals surface area contributed by atoms with E-state index in [2.05, 4.69) is 0 Å². The first-order valence-electron chi connectivity index (χ1n) is 7.94. The van der Waals surface area contributed by atoms with Crippen molar-refractivity contribution in [1.29, 1.82) is 0 Å². The summed E-state index contributed by atoms with van der Waals surface area (Å²) in [5, 5.41) is 0. The lowest BCUT2D eigenvalue weighted by molar-refractivity contribution is 0.00578. The molecular weight excluding hydrogens is 304 g/mol. The third-order valence-corrected chi connectivity index (χ3v) is 5.35. The summed E-state index contributed by atoms with van der Waals surface area (Å²) >= 11 is 0. The van der Waals surface area contributed by atoms with Crippen LogP contribution in [0.2, 0.25) is 0 Å². The molecular formula is C17H22BF3O2. The molecule has 0 atom stereocenters. The molecule has 1 aliphatic heterocycles. The van der Waals surface area contributed by atoms with Crippen LogP contribution in [-0.4, -0.2) is 18.3 Å². The predicted octanol–water partition coefficient (Wildman–Crippen LogP) is 4.19. The molecule has 0 radical (unpaired) electrons. The van der Waals surface area contributed by atoms with Gasteiger partial charge < -0.3 is 9.31 Å². The normalized spacial score (nSPS) is 24.3. The molecule has 1 aromatic carbocycles. The highest BCUT2D eigenvalue weighted by Gasteiger charge is 2.53. The fourth-order valence-corrected chi connectivity index (χ4v) is 2.95. The zero-order valence-corrected chi connectivity index (χ0v) is 14.2. The summed E-state index contributed by atoms with van der Waals surface area (Å²) in [4.78, 5) is 0. The van der Waals surface area contributed by atoms with Gasteiger partial charge in [-0.25, -0.2) is 13.2 Å². The Morgan fingerprint density at radius 3 is 2.00 bits per heavy atom. The predicted molar refractivity (Wildman–Crippen MR) is 83.9 cm³/mol. The second-order valence-electron chi connectivity index (χ2n) is 7.65. The molecule has 0 N–H and O–H groups in total. The minimum absolute atomic E-state index is 0.192. The summed E-state index contributed by atoms with van der Waals surface area (Å²) in [6.45, 7) is 9.21. The van der Waals surface area contributed by atoms with Crippen LogP contribution in [0.15, 0.2) is 12.1 Å². The molecule has 0 bridgehead atoms. The Morgan fingerprint density at radius 1 is 1.04 bits per heavy atom. The molecule has 2 aliphatic rings. The lowest BCUT2D eigenvalue weighted by Gasteiger charge is -2.32. The minimum atomic E-state index is -2.70. The highest BCUT2D eigenvalue weighted by Crippen LogP contribution is 2.50. The van der Waals surface area contributed by atoms with Crippen molar-refractivity contribution in [2.75, 3.05) is 0 Å². The van der Waals surface area contributed by atoms with Crippen LogP contribution in [0, 0.1) is 6.92 Å². The number of benzene rings is 1. The lowest BCUT2D eigenvalue weighted by atomic mass is 9.72. The van der Waals surface area contributed by atoms with Crippen LogP contribution < -0.4 is 5.46 Å². The molecule has 1 aliphatic carbocycles. The van der Waals surface area contributed by atoms with Crippen molar-refractivity contribution in [3.05, 3.63) is 28.8 Å². The number of hydrogen-bond acceptors (Lipinski definition) is 2. The van der Waals surface area contributed by atoms with Crippen molar-refractivity contribution >= 4 is 12.6 Å². The Kier molecular flexibility index (Phi) is 3.66. The monoisotopic (exact) mass is 326 g/mol. The van der Waals surface area contributed by atoms with E-state index in [1.165, 1.54) is 6.07 Å². The third-order valence-electron chi connectivity index (χ3n) is 5.35. The third kappa shape index (κ3) is 2.70. The molecule has 1 aromatic rings. The van der Waals surface area contributed by atoms with Gasteiger partial charge >= 0.3 is 7.12 Å². The van der Waals surface area contributed by atoms with E-state index in [1.807, 2.05) is 27.7 Å². The summed E-state index contributed by atoms with van der Waals surface area (Å²) in [6, 6.07) is 2.93. The molecule has 0 aromatic heterocycles. The van der Waals surface area contributed by atoms with Gasteiger partial charge in [-0.2, -0.15) is 0 Å². The Balaban J connectivity index is 2.06. The van der Waals surface area contributed by atoms with E-state index in [0.29, 0.717) is 29.4 Å². The molecule has 126 valence electrons. The molecule has 3 rings (SSSR count). The van der Waals surface area contributed by atoms with Gasteiger partial charge in [-0.15, -0.1) is 0 Å². The zero-order valence-electron chi connectivity index (χ0n) is 14.2. The van der Waals surface area contributed by atoms with Crippen LogP contribution in [-0.2, 0) is 15.0 Å². The van der Waals surface area contributed by atoms with E-state index in [9.17, 15) is 13.2 Å². The lowest BCUT2D eigenvalue weighted by Crippen LogP contribution is -2.41. The summed E-state index contributed by atoms with van der Waals surface area (Å²) in [6.07, 6.45) is -1.92. The molecule has 0 spiro atoms.